The van der Waals surface area contributed by atoms with Crippen LogP contribution in [0.1, 0.15) is 27.7 Å². The molecule has 1 N–H and O–H groups in total. The highest BCUT2D eigenvalue weighted by molar-refractivity contribution is 6.31. The normalized spacial score (nSPS) is 14.1. The SMILES string of the molecule is C/C=C\C=C(/C)CNC(=O)/C(C)=C(/C)Cl. The first kappa shape index (κ1) is 14.0. The predicted molar refractivity (Wildman–Crippen MR) is 65.8 cm³/mol. The van der Waals surface area contributed by atoms with Crippen molar-refractivity contribution in [1.29, 1.82) is 0 Å². The summed E-state index contributed by atoms with van der Waals surface area (Å²) in [6.45, 7) is 7.88. The maximum Gasteiger partial charge on any atom is 0.248 e. The van der Waals surface area contributed by atoms with Gasteiger partial charge in [-0.3, -0.25) is 4.79 Å². The molecule has 3 heteroatoms. The van der Waals surface area contributed by atoms with Crippen LogP contribution in [-0.2, 0) is 4.79 Å². The number of hydrogen-bond donors (Lipinski definition) is 1. The van der Waals surface area contributed by atoms with Gasteiger partial charge in [0.15, 0.2) is 0 Å². The summed E-state index contributed by atoms with van der Waals surface area (Å²) in [4.78, 5) is 11.5. The molecule has 84 valence electrons. The lowest BCUT2D eigenvalue weighted by Crippen LogP contribution is -2.26. The molecule has 0 radical (unpaired) electrons. The van der Waals surface area contributed by atoms with Gasteiger partial charge in [0, 0.05) is 17.2 Å². The number of allylic oxidation sites excluding steroid dienone is 4. The minimum Gasteiger partial charge on any atom is -0.349 e. The molecular weight excluding hydrogens is 210 g/mol. The molecule has 0 aliphatic rings. The van der Waals surface area contributed by atoms with Gasteiger partial charge in [-0.15, -0.1) is 0 Å². The number of carbonyl (C=O) groups excluding carboxylic acids is 1. The molecule has 0 unspecified atom stereocenters. The van der Waals surface area contributed by atoms with E-state index in [4.69, 9.17) is 11.6 Å². The van der Waals surface area contributed by atoms with Crippen LogP contribution in [0.4, 0.5) is 0 Å². The van der Waals surface area contributed by atoms with E-state index in [1.54, 1.807) is 13.8 Å². The van der Waals surface area contributed by atoms with E-state index in [-0.39, 0.29) is 5.91 Å². The summed E-state index contributed by atoms with van der Waals surface area (Å²) in [5.74, 6) is -0.115. The molecule has 0 fully saturated rings. The smallest absolute Gasteiger partial charge is 0.248 e. The summed E-state index contributed by atoms with van der Waals surface area (Å²) in [7, 11) is 0. The summed E-state index contributed by atoms with van der Waals surface area (Å²) < 4.78 is 0. The van der Waals surface area contributed by atoms with Crippen LogP contribution < -0.4 is 5.32 Å². The second kappa shape index (κ2) is 7.30. The van der Waals surface area contributed by atoms with Gasteiger partial charge in [0.1, 0.15) is 0 Å². The monoisotopic (exact) mass is 227 g/mol. The number of rotatable bonds is 4. The van der Waals surface area contributed by atoms with Crippen molar-refractivity contribution in [1.82, 2.24) is 5.32 Å². The Hall–Kier alpha value is -1.02. The molecule has 2 nitrogen and oxygen atoms in total. The van der Waals surface area contributed by atoms with Crippen LogP contribution in [-0.4, -0.2) is 12.5 Å². The molecule has 0 aliphatic carbocycles. The summed E-state index contributed by atoms with van der Waals surface area (Å²) >= 11 is 5.72. The van der Waals surface area contributed by atoms with Crippen LogP contribution >= 0.6 is 11.6 Å². The van der Waals surface area contributed by atoms with Gasteiger partial charge < -0.3 is 5.32 Å². The third kappa shape index (κ3) is 6.13. The first-order valence-corrected chi connectivity index (χ1v) is 5.26. The summed E-state index contributed by atoms with van der Waals surface area (Å²) in [5.41, 5.74) is 1.66. The molecule has 0 aromatic carbocycles. The van der Waals surface area contributed by atoms with Crippen LogP contribution in [0.15, 0.2) is 34.4 Å². The predicted octanol–water partition coefficient (Wildman–Crippen LogP) is 3.16. The van der Waals surface area contributed by atoms with Crippen molar-refractivity contribution in [2.75, 3.05) is 6.54 Å². The molecule has 0 aliphatic heterocycles. The average molecular weight is 228 g/mol. The van der Waals surface area contributed by atoms with Gasteiger partial charge in [0.05, 0.1) is 0 Å². The Labute approximate surface area is 96.7 Å². The Morgan fingerprint density at radius 1 is 1.33 bits per heavy atom. The highest BCUT2D eigenvalue weighted by Gasteiger charge is 2.05. The Kier molecular flexibility index (Phi) is 6.80. The summed E-state index contributed by atoms with van der Waals surface area (Å²) in [6, 6.07) is 0. The van der Waals surface area contributed by atoms with Gasteiger partial charge in [-0.1, -0.05) is 35.4 Å². The molecule has 15 heavy (non-hydrogen) atoms. The van der Waals surface area contributed by atoms with Crippen LogP contribution in [0.25, 0.3) is 0 Å². The van der Waals surface area contributed by atoms with E-state index in [0.717, 1.165) is 5.57 Å². The minimum absolute atomic E-state index is 0.115. The third-order valence-electron chi connectivity index (χ3n) is 1.96. The zero-order chi connectivity index (χ0) is 11.8. The van der Waals surface area contributed by atoms with Gasteiger partial charge in [0.2, 0.25) is 5.91 Å². The van der Waals surface area contributed by atoms with E-state index in [0.29, 0.717) is 17.2 Å². The zero-order valence-electron chi connectivity index (χ0n) is 9.73. The molecule has 0 rings (SSSR count). The van der Waals surface area contributed by atoms with E-state index in [1.807, 2.05) is 32.1 Å². The number of nitrogens with one attached hydrogen (secondary N) is 1. The number of amides is 1. The number of halogens is 1. The van der Waals surface area contributed by atoms with E-state index in [2.05, 4.69) is 5.32 Å². The van der Waals surface area contributed by atoms with Gasteiger partial charge in [0.25, 0.3) is 0 Å². The molecule has 0 atom stereocenters. The van der Waals surface area contributed by atoms with E-state index >= 15 is 0 Å². The van der Waals surface area contributed by atoms with Crippen LogP contribution in [0, 0.1) is 0 Å². The average Bonchev–Trinajstić information content (AvgIpc) is 2.21. The molecular formula is C12H18ClNO. The molecule has 0 aromatic heterocycles. The van der Waals surface area contributed by atoms with Crippen LogP contribution in [0.2, 0.25) is 0 Å². The standard InChI is InChI=1S/C12H18ClNO/c1-5-6-7-9(2)8-14-12(15)10(3)11(4)13/h5-7H,8H2,1-4H3,(H,14,15)/b6-5-,9-7+,11-10-. The molecule has 0 bridgehead atoms. The van der Waals surface area contributed by atoms with E-state index in [1.165, 1.54) is 0 Å². The van der Waals surface area contributed by atoms with Gasteiger partial charge in [-0.25, -0.2) is 0 Å². The first-order chi connectivity index (χ1) is 6.99. The van der Waals surface area contributed by atoms with Crippen molar-refractivity contribution < 1.29 is 4.79 Å². The molecule has 0 saturated carbocycles. The lowest BCUT2D eigenvalue weighted by molar-refractivity contribution is -0.117. The maximum atomic E-state index is 11.5. The zero-order valence-corrected chi connectivity index (χ0v) is 10.5. The number of hydrogen-bond acceptors (Lipinski definition) is 1. The van der Waals surface area contributed by atoms with Crippen molar-refractivity contribution in [2.45, 2.75) is 27.7 Å². The Balaban J connectivity index is 4.19. The van der Waals surface area contributed by atoms with Crippen molar-refractivity contribution in [3.63, 3.8) is 0 Å². The van der Waals surface area contributed by atoms with E-state index < -0.39 is 0 Å². The Morgan fingerprint density at radius 2 is 1.93 bits per heavy atom. The molecule has 0 spiro atoms. The summed E-state index contributed by atoms with van der Waals surface area (Å²) in [6.07, 6.45) is 5.85. The molecule has 0 saturated heterocycles. The fourth-order valence-electron chi connectivity index (χ4n) is 0.828. The van der Waals surface area contributed by atoms with Gasteiger partial charge >= 0.3 is 0 Å². The minimum atomic E-state index is -0.115. The quantitative estimate of drug-likeness (QED) is 0.580. The molecule has 0 heterocycles. The van der Waals surface area contributed by atoms with Crippen molar-refractivity contribution >= 4 is 17.5 Å². The second-order valence-electron chi connectivity index (χ2n) is 3.38. The lowest BCUT2D eigenvalue weighted by atomic mass is 10.2. The van der Waals surface area contributed by atoms with E-state index in [9.17, 15) is 4.79 Å². The van der Waals surface area contributed by atoms with Crippen molar-refractivity contribution in [3.8, 4) is 0 Å². The lowest BCUT2D eigenvalue weighted by Gasteiger charge is -2.05. The van der Waals surface area contributed by atoms with Gasteiger partial charge in [-0.2, -0.15) is 0 Å². The number of carbonyl (C=O) groups is 1. The maximum absolute atomic E-state index is 11.5. The molecule has 0 aromatic rings. The fraction of sp³-hybridized carbons (Fsp3) is 0.417. The fourth-order valence-corrected chi connectivity index (χ4v) is 0.914. The first-order valence-electron chi connectivity index (χ1n) is 4.88. The van der Waals surface area contributed by atoms with Crippen molar-refractivity contribution in [3.05, 3.63) is 34.4 Å². The highest BCUT2D eigenvalue weighted by Crippen LogP contribution is 2.07. The Bertz CT molecular complexity index is 310. The topological polar surface area (TPSA) is 29.1 Å². The van der Waals surface area contributed by atoms with Gasteiger partial charge in [-0.05, 0) is 27.7 Å². The largest absolute Gasteiger partial charge is 0.349 e. The van der Waals surface area contributed by atoms with Crippen LogP contribution in [0.3, 0.4) is 0 Å². The van der Waals surface area contributed by atoms with Crippen molar-refractivity contribution in [2.24, 2.45) is 0 Å². The Morgan fingerprint density at radius 3 is 2.40 bits per heavy atom. The van der Waals surface area contributed by atoms with Crippen LogP contribution in [0.5, 0.6) is 0 Å². The molecule has 1 amide bonds. The third-order valence-corrected chi connectivity index (χ3v) is 2.24. The summed E-state index contributed by atoms with van der Waals surface area (Å²) in [5, 5.41) is 3.32. The second-order valence-corrected chi connectivity index (χ2v) is 3.95. The highest BCUT2D eigenvalue weighted by atomic mass is 35.5.